The van der Waals surface area contributed by atoms with E-state index in [1.165, 1.54) is 0 Å². The van der Waals surface area contributed by atoms with E-state index in [1.807, 2.05) is 64.1 Å². The minimum Gasteiger partial charge on any atom is -0.455 e. The van der Waals surface area contributed by atoms with Crippen LogP contribution in [-0.2, 0) is 11.3 Å². The summed E-state index contributed by atoms with van der Waals surface area (Å²) in [6.45, 7) is 7.63. The second-order valence-electron chi connectivity index (χ2n) is 6.23. The number of ether oxygens (including phenoxy) is 2. The average Bonchev–Trinajstić information content (AvgIpc) is 2.46. The molecule has 1 aromatic heterocycles. The van der Waals surface area contributed by atoms with Crippen LogP contribution in [0, 0.1) is 6.92 Å². The Balaban J connectivity index is 2.08. The number of para-hydroxylation sites is 1. The zero-order chi connectivity index (χ0) is 16.9. The largest absolute Gasteiger partial charge is 0.455 e. The van der Waals surface area contributed by atoms with E-state index in [9.17, 15) is 4.79 Å². The normalized spacial score (nSPS) is 11.0. The van der Waals surface area contributed by atoms with Gasteiger partial charge >= 0.3 is 6.09 Å². The van der Waals surface area contributed by atoms with Crippen molar-refractivity contribution in [1.82, 2.24) is 10.3 Å². The number of amides is 1. The molecule has 1 heterocycles. The minimum absolute atomic E-state index is 0.233. The van der Waals surface area contributed by atoms with Crippen molar-refractivity contribution < 1.29 is 14.3 Å². The fourth-order valence-electron chi connectivity index (χ4n) is 1.88. The van der Waals surface area contributed by atoms with E-state index in [2.05, 4.69) is 10.3 Å². The van der Waals surface area contributed by atoms with E-state index in [-0.39, 0.29) is 6.54 Å². The molecule has 5 heteroatoms. The van der Waals surface area contributed by atoms with Gasteiger partial charge in [-0.2, -0.15) is 0 Å². The first kappa shape index (κ1) is 16.8. The summed E-state index contributed by atoms with van der Waals surface area (Å²) in [6, 6.07) is 11.4. The number of carbonyl (C=O) groups is 1. The van der Waals surface area contributed by atoms with Crippen molar-refractivity contribution in [2.45, 2.75) is 39.8 Å². The molecular formula is C18H22N2O3. The Bertz CT molecular complexity index is 664. The molecule has 122 valence electrons. The summed E-state index contributed by atoms with van der Waals surface area (Å²) in [5.74, 6) is 1.34. The summed E-state index contributed by atoms with van der Waals surface area (Å²) in [5.41, 5.74) is 1.09. The van der Waals surface area contributed by atoms with Gasteiger partial charge in [0.1, 0.15) is 17.0 Å². The van der Waals surface area contributed by atoms with Crippen molar-refractivity contribution in [3.05, 3.63) is 53.9 Å². The first-order valence-corrected chi connectivity index (χ1v) is 7.49. The van der Waals surface area contributed by atoms with E-state index >= 15 is 0 Å². The molecule has 2 aromatic rings. The van der Waals surface area contributed by atoms with Crippen LogP contribution in [-0.4, -0.2) is 16.7 Å². The van der Waals surface area contributed by atoms with E-state index in [0.29, 0.717) is 11.4 Å². The standard InChI is InChI=1S/C18H22N2O3/c1-13-10-16(22-14-8-6-5-7-9-14)15(19-11-13)12-20-17(21)23-18(2,3)4/h5-11H,12H2,1-4H3,(H,20,21). The van der Waals surface area contributed by atoms with Crippen LogP contribution >= 0.6 is 0 Å². The Morgan fingerprint density at radius 2 is 1.91 bits per heavy atom. The second kappa shape index (κ2) is 7.13. The van der Waals surface area contributed by atoms with Crippen LogP contribution in [0.3, 0.4) is 0 Å². The SMILES string of the molecule is Cc1cnc(CNC(=O)OC(C)(C)C)c(Oc2ccccc2)c1. The molecule has 0 unspecified atom stereocenters. The van der Waals surface area contributed by atoms with E-state index in [0.717, 1.165) is 11.3 Å². The van der Waals surface area contributed by atoms with Crippen molar-refractivity contribution in [3.8, 4) is 11.5 Å². The zero-order valence-corrected chi connectivity index (χ0v) is 13.9. The third-order valence-corrected chi connectivity index (χ3v) is 2.84. The zero-order valence-electron chi connectivity index (χ0n) is 13.9. The Morgan fingerprint density at radius 1 is 1.22 bits per heavy atom. The number of hydrogen-bond donors (Lipinski definition) is 1. The lowest BCUT2D eigenvalue weighted by molar-refractivity contribution is 0.0522. The van der Waals surface area contributed by atoms with Crippen molar-refractivity contribution >= 4 is 6.09 Å². The van der Waals surface area contributed by atoms with E-state index in [1.54, 1.807) is 6.20 Å². The summed E-state index contributed by atoms with van der Waals surface area (Å²) in [4.78, 5) is 16.1. The number of nitrogens with zero attached hydrogens (tertiary/aromatic N) is 1. The van der Waals surface area contributed by atoms with Crippen molar-refractivity contribution in [2.24, 2.45) is 0 Å². The molecular weight excluding hydrogens is 292 g/mol. The highest BCUT2D eigenvalue weighted by Crippen LogP contribution is 2.24. The van der Waals surface area contributed by atoms with Gasteiger partial charge in [0.05, 0.1) is 6.54 Å². The summed E-state index contributed by atoms with van der Waals surface area (Å²) < 4.78 is 11.1. The maximum absolute atomic E-state index is 11.8. The van der Waals surface area contributed by atoms with Gasteiger partial charge in [0, 0.05) is 6.20 Å². The van der Waals surface area contributed by atoms with Crippen LogP contribution in [0.1, 0.15) is 32.0 Å². The molecule has 23 heavy (non-hydrogen) atoms. The highest BCUT2D eigenvalue weighted by Gasteiger charge is 2.16. The fourth-order valence-corrected chi connectivity index (χ4v) is 1.88. The van der Waals surface area contributed by atoms with Gasteiger partial charge in [-0.3, -0.25) is 4.98 Å². The Kier molecular flexibility index (Phi) is 5.21. The van der Waals surface area contributed by atoms with Crippen LogP contribution in [0.2, 0.25) is 0 Å². The Labute approximate surface area is 136 Å². The average molecular weight is 314 g/mol. The molecule has 0 saturated carbocycles. The van der Waals surface area contributed by atoms with Gasteiger partial charge in [0.15, 0.2) is 5.75 Å². The Morgan fingerprint density at radius 3 is 2.57 bits per heavy atom. The Hall–Kier alpha value is -2.56. The number of carbonyl (C=O) groups excluding carboxylic acids is 1. The molecule has 0 aliphatic carbocycles. The molecule has 0 aliphatic heterocycles. The number of alkyl carbamates (subject to hydrolysis) is 1. The van der Waals surface area contributed by atoms with Gasteiger partial charge in [-0.25, -0.2) is 4.79 Å². The van der Waals surface area contributed by atoms with Gasteiger partial charge in [0.25, 0.3) is 0 Å². The summed E-state index contributed by atoms with van der Waals surface area (Å²) in [7, 11) is 0. The number of aryl methyl sites for hydroxylation is 1. The van der Waals surface area contributed by atoms with Crippen LogP contribution in [0.25, 0.3) is 0 Å². The van der Waals surface area contributed by atoms with Crippen LogP contribution in [0.5, 0.6) is 11.5 Å². The maximum Gasteiger partial charge on any atom is 0.407 e. The number of nitrogens with one attached hydrogen (secondary N) is 1. The number of aromatic nitrogens is 1. The molecule has 5 nitrogen and oxygen atoms in total. The lowest BCUT2D eigenvalue weighted by atomic mass is 10.2. The molecule has 0 saturated heterocycles. The van der Waals surface area contributed by atoms with Crippen LogP contribution in [0.15, 0.2) is 42.6 Å². The van der Waals surface area contributed by atoms with Crippen LogP contribution in [0.4, 0.5) is 4.79 Å². The van der Waals surface area contributed by atoms with Gasteiger partial charge in [-0.05, 0) is 51.5 Å². The fraction of sp³-hybridized carbons (Fsp3) is 0.333. The smallest absolute Gasteiger partial charge is 0.407 e. The lowest BCUT2D eigenvalue weighted by Crippen LogP contribution is -2.32. The van der Waals surface area contributed by atoms with Gasteiger partial charge in [-0.15, -0.1) is 0 Å². The van der Waals surface area contributed by atoms with Gasteiger partial charge in [0.2, 0.25) is 0 Å². The predicted octanol–water partition coefficient (Wildman–Crippen LogP) is 4.21. The second-order valence-corrected chi connectivity index (χ2v) is 6.23. The summed E-state index contributed by atoms with van der Waals surface area (Å²) in [6.07, 6.45) is 1.26. The molecule has 0 radical (unpaired) electrons. The molecule has 1 amide bonds. The first-order chi connectivity index (χ1) is 10.8. The van der Waals surface area contributed by atoms with Gasteiger partial charge in [-0.1, -0.05) is 18.2 Å². The predicted molar refractivity (Wildman–Crippen MR) is 88.6 cm³/mol. The number of rotatable bonds is 4. The molecule has 0 aliphatic rings. The third-order valence-electron chi connectivity index (χ3n) is 2.84. The molecule has 0 atom stereocenters. The highest BCUT2D eigenvalue weighted by molar-refractivity contribution is 5.67. The number of benzene rings is 1. The van der Waals surface area contributed by atoms with Gasteiger partial charge < -0.3 is 14.8 Å². The minimum atomic E-state index is -0.534. The molecule has 2 rings (SSSR count). The number of pyridine rings is 1. The molecule has 1 N–H and O–H groups in total. The van der Waals surface area contributed by atoms with E-state index in [4.69, 9.17) is 9.47 Å². The van der Waals surface area contributed by atoms with Crippen molar-refractivity contribution in [2.75, 3.05) is 0 Å². The van der Waals surface area contributed by atoms with Crippen LogP contribution < -0.4 is 10.1 Å². The maximum atomic E-state index is 11.8. The quantitative estimate of drug-likeness (QED) is 0.918. The topological polar surface area (TPSA) is 60.5 Å². The van der Waals surface area contributed by atoms with Crippen molar-refractivity contribution in [1.29, 1.82) is 0 Å². The number of hydrogen-bond acceptors (Lipinski definition) is 4. The lowest BCUT2D eigenvalue weighted by Gasteiger charge is -2.20. The first-order valence-electron chi connectivity index (χ1n) is 7.49. The summed E-state index contributed by atoms with van der Waals surface area (Å²) >= 11 is 0. The molecule has 1 aromatic carbocycles. The third kappa shape index (κ3) is 5.62. The van der Waals surface area contributed by atoms with E-state index < -0.39 is 11.7 Å². The summed E-state index contributed by atoms with van der Waals surface area (Å²) in [5, 5.41) is 2.70. The molecule has 0 bridgehead atoms. The van der Waals surface area contributed by atoms with Crippen molar-refractivity contribution in [3.63, 3.8) is 0 Å². The highest BCUT2D eigenvalue weighted by atomic mass is 16.6. The molecule has 0 fully saturated rings. The monoisotopic (exact) mass is 314 g/mol. The molecule has 0 spiro atoms.